The van der Waals surface area contributed by atoms with Gasteiger partial charge in [0.05, 0.1) is 0 Å². The fourth-order valence-electron chi connectivity index (χ4n) is 1.90. The predicted molar refractivity (Wildman–Crippen MR) is 83.0 cm³/mol. The highest BCUT2D eigenvalue weighted by Gasteiger charge is 2.20. The van der Waals surface area contributed by atoms with E-state index in [1.54, 1.807) is 22.9 Å². The van der Waals surface area contributed by atoms with E-state index in [9.17, 15) is 4.79 Å². The zero-order valence-corrected chi connectivity index (χ0v) is 13.0. The first-order valence-corrected chi connectivity index (χ1v) is 7.99. The number of anilines is 1. The van der Waals surface area contributed by atoms with Gasteiger partial charge in [-0.25, -0.2) is 0 Å². The molecule has 0 saturated heterocycles. The van der Waals surface area contributed by atoms with Crippen LogP contribution >= 0.6 is 11.8 Å². The average Bonchev–Trinajstić information content (AvgIpc) is 2.44. The lowest BCUT2D eigenvalue weighted by atomic mass is 10.2. The summed E-state index contributed by atoms with van der Waals surface area (Å²) in [5.41, 5.74) is 1.44. The fourth-order valence-corrected chi connectivity index (χ4v) is 2.75. The lowest BCUT2D eigenvalue weighted by Gasteiger charge is -2.26. The van der Waals surface area contributed by atoms with Crippen LogP contribution in [0.1, 0.15) is 30.8 Å². The maximum atomic E-state index is 12.4. The second-order valence-corrected chi connectivity index (χ2v) is 5.30. The molecule has 5 heteroatoms. The lowest BCUT2D eigenvalue weighted by molar-refractivity contribution is 0.0738. The molecular formula is C14H23N3OS. The molecule has 1 atom stereocenters. The summed E-state index contributed by atoms with van der Waals surface area (Å²) in [5, 5.41) is 3.20. The Kier molecular flexibility index (Phi) is 6.70. The molecule has 0 fully saturated rings. The van der Waals surface area contributed by atoms with Crippen molar-refractivity contribution in [1.82, 2.24) is 9.88 Å². The Morgan fingerprint density at radius 1 is 1.53 bits per heavy atom. The normalized spacial score (nSPS) is 12.0. The molecule has 1 N–H and O–H groups in total. The minimum atomic E-state index is -0.0133. The molecule has 1 amide bonds. The molecule has 4 nitrogen and oxygen atoms in total. The van der Waals surface area contributed by atoms with Crippen molar-refractivity contribution >= 4 is 23.4 Å². The molecule has 0 saturated carbocycles. The monoisotopic (exact) mass is 281 g/mol. The van der Waals surface area contributed by atoms with Gasteiger partial charge >= 0.3 is 0 Å². The molecule has 0 aromatic carbocycles. The molecule has 0 aliphatic heterocycles. The van der Waals surface area contributed by atoms with Crippen molar-refractivity contribution in [3.05, 3.63) is 24.0 Å². The van der Waals surface area contributed by atoms with Crippen molar-refractivity contribution in [2.24, 2.45) is 0 Å². The number of hydrogen-bond acceptors (Lipinski definition) is 4. The molecule has 0 aliphatic rings. The molecule has 1 heterocycles. The number of rotatable bonds is 7. The lowest BCUT2D eigenvalue weighted by Crippen LogP contribution is -2.38. The van der Waals surface area contributed by atoms with Gasteiger partial charge in [-0.15, -0.1) is 0 Å². The average molecular weight is 281 g/mol. The fraction of sp³-hybridized carbons (Fsp3) is 0.571. The van der Waals surface area contributed by atoms with Crippen LogP contribution in [-0.2, 0) is 0 Å². The van der Waals surface area contributed by atoms with Crippen molar-refractivity contribution in [1.29, 1.82) is 0 Å². The largest absolute Gasteiger partial charge is 0.385 e. The molecule has 0 aliphatic carbocycles. The SMILES string of the molecule is CCNc1ccnc(C(=O)N(C)C(CC)CSC)c1. The highest BCUT2D eigenvalue weighted by Crippen LogP contribution is 2.14. The highest BCUT2D eigenvalue weighted by atomic mass is 32.2. The van der Waals surface area contributed by atoms with Gasteiger partial charge in [0.25, 0.3) is 5.91 Å². The summed E-state index contributed by atoms with van der Waals surface area (Å²) in [5.74, 6) is 0.937. The summed E-state index contributed by atoms with van der Waals surface area (Å²) in [4.78, 5) is 18.4. The van der Waals surface area contributed by atoms with E-state index in [1.165, 1.54) is 0 Å². The van der Waals surface area contributed by atoms with E-state index in [0.29, 0.717) is 5.69 Å². The Labute approximate surface area is 120 Å². The van der Waals surface area contributed by atoms with Gasteiger partial charge in [0.15, 0.2) is 0 Å². The summed E-state index contributed by atoms with van der Waals surface area (Å²) in [6.45, 7) is 4.96. The third kappa shape index (κ3) is 4.42. The van der Waals surface area contributed by atoms with Crippen molar-refractivity contribution in [2.75, 3.05) is 30.9 Å². The van der Waals surface area contributed by atoms with Crippen LogP contribution in [-0.4, -0.2) is 47.4 Å². The maximum absolute atomic E-state index is 12.4. The quantitative estimate of drug-likeness (QED) is 0.834. The Morgan fingerprint density at radius 2 is 2.26 bits per heavy atom. The molecule has 0 spiro atoms. The molecule has 1 unspecified atom stereocenters. The maximum Gasteiger partial charge on any atom is 0.272 e. The summed E-state index contributed by atoms with van der Waals surface area (Å²) < 4.78 is 0. The van der Waals surface area contributed by atoms with Crippen LogP contribution in [0.4, 0.5) is 5.69 Å². The first kappa shape index (κ1) is 15.8. The molecular weight excluding hydrogens is 258 g/mol. The molecule has 1 aromatic heterocycles. The second kappa shape index (κ2) is 8.04. The van der Waals surface area contributed by atoms with E-state index in [-0.39, 0.29) is 11.9 Å². The van der Waals surface area contributed by atoms with E-state index >= 15 is 0 Å². The number of hydrogen-bond donors (Lipinski definition) is 1. The third-order valence-electron chi connectivity index (χ3n) is 3.06. The Bertz CT molecular complexity index is 411. The number of amides is 1. The van der Waals surface area contributed by atoms with E-state index in [2.05, 4.69) is 23.5 Å². The van der Waals surface area contributed by atoms with Gasteiger partial charge in [0.1, 0.15) is 5.69 Å². The summed E-state index contributed by atoms with van der Waals surface area (Å²) in [7, 11) is 1.86. The molecule has 1 rings (SSSR count). The van der Waals surface area contributed by atoms with Crippen LogP contribution in [0.2, 0.25) is 0 Å². The first-order chi connectivity index (χ1) is 9.13. The van der Waals surface area contributed by atoms with Crippen LogP contribution in [0.3, 0.4) is 0 Å². The summed E-state index contributed by atoms with van der Waals surface area (Å²) in [6.07, 6.45) is 4.69. The van der Waals surface area contributed by atoms with Gasteiger partial charge < -0.3 is 10.2 Å². The number of thioether (sulfide) groups is 1. The predicted octanol–water partition coefficient (Wildman–Crippen LogP) is 2.73. The van der Waals surface area contributed by atoms with Gasteiger partial charge in [-0.3, -0.25) is 9.78 Å². The standard InChI is InChI=1S/C14H23N3OS/c1-5-12(10-19-4)17(3)14(18)13-9-11(15-6-2)7-8-16-13/h7-9,12H,5-6,10H2,1-4H3,(H,15,16). The van der Waals surface area contributed by atoms with Gasteiger partial charge in [-0.1, -0.05) is 6.92 Å². The molecule has 106 valence electrons. The topological polar surface area (TPSA) is 45.2 Å². The number of pyridine rings is 1. The first-order valence-electron chi connectivity index (χ1n) is 6.60. The third-order valence-corrected chi connectivity index (χ3v) is 3.78. The Morgan fingerprint density at radius 3 is 2.84 bits per heavy atom. The smallest absolute Gasteiger partial charge is 0.272 e. The highest BCUT2D eigenvalue weighted by molar-refractivity contribution is 7.98. The van der Waals surface area contributed by atoms with Crippen LogP contribution < -0.4 is 5.32 Å². The Hall–Kier alpha value is -1.23. The van der Waals surface area contributed by atoms with E-state index < -0.39 is 0 Å². The van der Waals surface area contributed by atoms with Gasteiger partial charge in [-0.05, 0) is 31.7 Å². The van der Waals surface area contributed by atoms with Crippen LogP contribution in [0, 0.1) is 0 Å². The van der Waals surface area contributed by atoms with Crippen molar-refractivity contribution in [3.8, 4) is 0 Å². The number of nitrogens with one attached hydrogen (secondary N) is 1. The van der Waals surface area contributed by atoms with E-state index in [0.717, 1.165) is 24.4 Å². The van der Waals surface area contributed by atoms with Crippen molar-refractivity contribution in [3.63, 3.8) is 0 Å². The minimum Gasteiger partial charge on any atom is -0.385 e. The van der Waals surface area contributed by atoms with Gasteiger partial charge in [0, 0.05) is 37.3 Å². The van der Waals surface area contributed by atoms with Crippen LogP contribution in [0.15, 0.2) is 18.3 Å². The number of nitrogens with zero attached hydrogens (tertiary/aromatic N) is 2. The second-order valence-electron chi connectivity index (χ2n) is 4.39. The van der Waals surface area contributed by atoms with Gasteiger partial charge in [-0.2, -0.15) is 11.8 Å². The molecule has 19 heavy (non-hydrogen) atoms. The number of carbonyl (C=O) groups excluding carboxylic acids is 1. The number of carbonyl (C=O) groups is 1. The Balaban J connectivity index is 2.83. The number of aromatic nitrogens is 1. The van der Waals surface area contributed by atoms with Crippen molar-refractivity contribution in [2.45, 2.75) is 26.3 Å². The molecule has 0 radical (unpaired) electrons. The zero-order valence-electron chi connectivity index (χ0n) is 12.1. The summed E-state index contributed by atoms with van der Waals surface area (Å²) >= 11 is 1.76. The van der Waals surface area contributed by atoms with Crippen LogP contribution in [0.5, 0.6) is 0 Å². The van der Waals surface area contributed by atoms with E-state index in [1.807, 2.05) is 26.1 Å². The zero-order chi connectivity index (χ0) is 14.3. The van der Waals surface area contributed by atoms with Crippen LogP contribution in [0.25, 0.3) is 0 Å². The van der Waals surface area contributed by atoms with Crippen molar-refractivity contribution < 1.29 is 4.79 Å². The molecule has 1 aromatic rings. The van der Waals surface area contributed by atoms with E-state index in [4.69, 9.17) is 0 Å². The minimum absolute atomic E-state index is 0.0133. The van der Waals surface area contributed by atoms with Gasteiger partial charge in [0.2, 0.25) is 0 Å². The molecule has 0 bridgehead atoms. The summed E-state index contributed by atoms with van der Waals surface area (Å²) in [6, 6.07) is 3.94.